The topological polar surface area (TPSA) is 101 Å². The zero-order valence-corrected chi connectivity index (χ0v) is 15.8. The van der Waals surface area contributed by atoms with Gasteiger partial charge in [-0.25, -0.2) is 0 Å². The second kappa shape index (κ2) is 8.25. The van der Waals surface area contributed by atoms with Crippen molar-refractivity contribution in [3.05, 3.63) is 48.0 Å². The van der Waals surface area contributed by atoms with Crippen LogP contribution in [0.4, 0.5) is 5.69 Å². The van der Waals surface area contributed by atoms with Crippen LogP contribution in [0.15, 0.2) is 42.5 Å². The maximum absolute atomic E-state index is 10.6. The van der Waals surface area contributed by atoms with Crippen LogP contribution in [0.2, 0.25) is 0 Å². The van der Waals surface area contributed by atoms with Gasteiger partial charge in [0.05, 0.1) is 16.8 Å². The summed E-state index contributed by atoms with van der Waals surface area (Å²) in [4.78, 5) is 0. The SMILES string of the molecule is CCn1c(-c2ccc(NCCCS(=O)[O-])cc2)c(C#N)c2ccc(O)cc21. The van der Waals surface area contributed by atoms with Gasteiger partial charge in [0.1, 0.15) is 11.8 Å². The third-order valence-electron chi connectivity index (χ3n) is 4.45. The van der Waals surface area contributed by atoms with Gasteiger partial charge in [0.25, 0.3) is 0 Å². The van der Waals surface area contributed by atoms with Crippen molar-refractivity contribution in [1.29, 1.82) is 5.26 Å². The van der Waals surface area contributed by atoms with Crippen LogP contribution < -0.4 is 5.32 Å². The van der Waals surface area contributed by atoms with E-state index in [1.165, 1.54) is 0 Å². The number of fused-ring (bicyclic) bond motifs is 1. The summed E-state index contributed by atoms with van der Waals surface area (Å²) in [6.45, 7) is 3.25. The van der Waals surface area contributed by atoms with E-state index in [0.29, 0.717) is 25.1 Å². The highest BCUT2D eigenvalue weighted by molar-refractivity contribution is 7.79. The Morgan fingerprint density at radius 2 is 2.00 bits per heavy atom. The number of aromatic nitrogens is 1. The molecule has 0 saturated heterocycles. The normalized spacial score (nSPS) is 12.0. The lowest BCUT2D eigenvalue weighted by Crippen LogP contribution is -2.06. The number of nitrogens with one attached hydrogen (secondary N) is 1. The molecule has 0 aliphatic rings. The van der Waals surface area contributed by atoms with E-state index in [1.54, 1.807) is 18.2 Å². The van der Waals surface area contributed by atoms with Crippen molar-refractivity contribution < 1.29 is 13.9 Å². The van der Waals surface area contributed by atoms with Gasteiger partial charge in [0.2, 0.25) is 0 Å². The zero-order chi connectivity index (χ0) is 19.4. The van der Waals surface area contributed by atoms with Gasteiger partial charge in [-0.05, 0) is 43.2 Å². The molecule has 1 atom stereocenters. The van der Waals surface area contributed by atoms with Crippen molar-refractivity contribution in [1.82, 2.24) is 4.57 Å². The fraction of sp³-hybridized carbons (Fsp3) is 0.250. The van der Waals surface area contributed by atoms with Crippen LogP contribution in [0.5, 0.6) is 5.75 Å². The predicted molar refractivity (Wildman–Crippen MR) is 106 cm³/mol. The Labute approximate surface area is 160 Å². The number of nitrogens with zero attached hydrogens (tertiary/aromatic N) is 2. The minimum atomic E-state index is -2.01. The summed E-state index contributed by atoms with van der Waals surface area (Å²) in [5.74, 6) is 0.310. The summed E-state index contributed by atoms with van der Waals surface area (Å²) in [7, 11) is 0. The fourth-order valence-electron chi connectivity index (χ4n) is 3.25. The molecule has 1 heterocycles. The fourth-order valence-corrected chi connectivity index (χ4v) is 3.63. The van der Waals surface area contributed by atoms with E-state index >= 15 is 0 Å². The van der Waals surface area contributed by atoms with Crippen molar-refractivity contribution >= 4 is 27.7 Å². The minimum Gasteiger partial charge on any atom is -0.772 e. The third-order valence-corrected chi connectivity index (χ3v) is 5.07. The van der Waals surface area contributed by atoms with Crippen molar-refractivity contribution in [2.75, 3.05) is 17.6 Å². The highest BCUT2D eigenvalue weighted by Gasteiger charge is 2.18. The van der Waals surface area contributed by atoms with E-state index in [4.69, 9.17) is 0 Å². The van der Waals surface area contributed by atoms with Crippen LogP contribution in [0.1, 0.15) is 18.9 Å². The number of aromatic hydroxyl groups is 1. The molecule has 0 aliphatic carbocycles. The Kier molecular flexibility index (Phi) is 5.79. The van der Waals surface area contributed by atoms with E-state index in [9.17, 15) is 19.1 Å². The largest absolute Gasteiger partial charge is 0.772 e. The second-order valence-electron chi connectivity index (χ2n) is 6.15. The van der Waals surface area contributed by atoms with E-state index in [1.807, 2.05) is 35.8 Å². The van der Waals surface area contributed by atoms with Crippen LogP contribution >= 0.6 is 0 Å². The first kappa shape index (κ1) is 19.0. The van der Waals surface area contributed by atoms with Crippen molar-refractivity contribution in [2.24, 2.45) is 0 Å². The lowest BCUT2D eigenvalue weighted by molar-refractivity contribution is 0.476. The molecule has 0 saturated carbocycles. The molecule has 7 heteroatoms. The quantitative estimate of drug-likeness (QED) is 0.480. The number of phenols is 1. The molecule has 3 rings (SSSR count). The second-order valence-corrected chi connectivity index (χ2v) is 7.16. The Morgan fingerprint density at radius 3 is 2.63 bits per heavy atom. The Morgan fingerprint density at radius 1 is 1.26 bits per heavy atom. The number of hydrogen-bond donors (Lipinski definition) is 2. The first-order valence-electron chi connectivity index (χ1n) is 8.70. The monoisotopic (exact) mass is 382 g/mol. The molecule has 1 unspecified atom stereocenters. The molecule has 2 aromatic carbocycles. The molecule has 140 valence electrons. The molecule has 27 heavy (non-hydrogen) atoms. The number of hydrogen-bond acceptors (Lipinski definition) is 5. The van der Waals surface area contributed by atoms with Crippen LogP contribution in [0.3, 0.4) is 0 Å². The summed E-state index contributed by atoms with van der Waals surface area (Å²) < 4.78 is 23.1. The van der Waals surface area contributed by atoms with Crippen molar-refractivity contribution in [3.63, 3.8) is 0 Å². The lowest BCUT2D eigenvalue weighted by atomic mass is 10.1. The lowest BCUT2D eigenvalue weighted by Gasteiger charge is -2.11. The Balaban J connectivity index is 1.93. The van der Waals surface area contributed by atoms with Crippen LogP contribution in [0, 0.1) is 11.3 Å². The van der Waals surface area contributed by atoms with E-state index < -0.39 is 11.1 Å². The molecule has 0 bridgehead atoms. The van der Waals surface area contributed by atoms with Gasteiger partial charge in [-0.15, -0.1) is 0 Å². The molecule has 3 aromatic rings. The van der Waals surface area contributed by atoms with Gasteiger partial charge in [-0.2, -0.15) is 5.26 Å². The van der Waals surface area contributed by atoms with E-state index in [2.05, 4.69) is 11.4 Å². The molecule has 2 N–H and O–H groups in total. The van der Waals surface area contributed by atoms with Crippen LogP contribution in [0.25, 0.3) is 22.2 Å². The van der Waals surface area contributed by atoms with E-state index in [0.717, 1.165) is 27.8 Å². The molecule has 0 spiro atoms. The molecular weight excluding hydrogens is 362 g/mol. The van der Waals surface area contributed by atoms with Gasteiger partial charge in [0, 0.05) is 36.0 Å². The Bertz CT molecular complexity index is 1020. The number of anilines is 1. The molecule has 0 aliphatic heterocycles. The summed E-state index contributed by atoms with van der Waals surface area (Å²) in [5.41, 5.74) is 4.05. The van der Waals surface area contributed by atoms with Crippen LogP contribution in [-0.2, 0) is 17.6 Å². The van der Waals surface area contributed by atoms with Gasteiger partial charge < -0.3 is 19.5 Å². The standard InChI is InChI=1S/C20H21N3O3S/c1-2-23-19-12-16(24)8-9-17(19)18(13-21)20(23)14-4-6-15(7-5-14)22-10-3-11-27(25)26/h4-9,12,22,24H,2-3,10-11H2,1H3,(H,25,26)/p-1. The van der Waals surface area contributed by atoms with Gasteiger partial charge in [-0.1, -0.05) is 23.2 Å². The summed E-state index contributed by atoms with van der Waals surface area (Å²) in [6, 6.07) is 15.1. The van der Waals surface area contributed by atoms with Gasteiger partial charge >= 0.3 is 0 Å². The molecular formula is C20H20N3O3S-. The summed E-state index contributed by atoms with van der Waals surface area (Å²) in [5, 5.41) is 23.5. The predicted octanol–water partition coefficient (Wildman–Crippen LogP) is 3.59. The average Bonchev–Trinajstić information content (AvgIpc) is 2.98. The smallest absolute Gasteiger partial charge is 0.117 e. The zero-order valence-electron chi connectivity index (χ0n) is 14.9. The Hall–Kier alpha value is -2.82. The van der Waals surface area contributed by atoms with Gasteiger partial charge in [-0.3, -0.25) is 4.21 Å². The first-order chi connectivity index (χ1) is 13.0. The minimum absolute atomic E-state index is 0.139. The van der Waals surface area contributed by atoms with Crippen LogP contribution in [-0.4, -0.2) is 30.7 Å². The molecule has 1 aromatic heterocycles. The number of aryl methyl sites for hydroxylation is 1. The molecule has 0 radical (unpaired) electrons. The number of nitriles is 1. The maximum Gasteiger partial charge on any atom is 0.117 e. The third kappa shape index (κ3) is 3.97. The van der Waals surface area contributed by atoms with Gasteiger partial charge in [0.15, 0.2) is 0 Å². The molecule has 0 fully saturated rings. The highest BCUT2D eigenvalue weighted by Crippen LogP contribution is 2.35. The van der Waals surface area contributed by atoms with Crippen molar-refractivity contribution in [3.8, 4) is 23.1 Å². The first-order valence-corrected chi connectivity index (χ1v) is 9.95. The number of benzene rings is 2. The van der Waals surface area contributed by atoms with Crippen molar-refractivity contribution in [2.45, 2.75) is 19.9 Å². The number of rotatable bonds is 7. The maximum atomic E-state index is 10.6. The summed E-state index contributed by atoms with van der Waals surface area (Å²) >= 11 is -2.01. The average molecular weight is 382 g/mol. The molecule has 6 nitrogen and oxygen atoms in total. The highest BCUT2D eigenvalue weighted by atomic mass is 32.2. The van der Waals surface area contributed by atoms with E-state index in [-0.39, 0.29) is 11.5 Å². The summed E-state index contributed by atoms with van der Waals surface area (Å²) in [6.07, 6.45) is 0.546. The molecule has 0 amide bonds. The number of phenolic OH excluding ortho intramolecular Hbond substituents is 1.